The Hall–Kier alpha value is -1.96. The van der Waals surface area contributed by atoms with Gasteiger partial charge < -0.3 is 9.52 Å². The number of aromatic carboxylic acids is 1. The summed E-state index contributed by atoms with van der Waals surface area (Å²) in [5.74, 6) is -1.63. The summed E-state index contributed by atoms with van der Waals surface area (Å²) in [5, 5.41) is 16.4. The van der Waals surface area contributed by atoms with E-state index in [0.29, 0.717) is 5.89 Å². The van der Waals surface area contributed by atoms with E-state index in [1.807, 2.05) is 0 Å². The molecule has 0 aliphatic heterocycles. The van der Waals surface area contributed by atoms with E-state index in [-0.39, 0.29) is 15.8 Å². The van der Waals surface area contributed by atoms with Crippen LogP contribution >= 0.6 is 11.8 Å². The molecule has 0 radical (unpaired) electrons. The summed E-state index contributed by atoms with van der Waals surface area (Å²) in [7, 11) is 0. The van der Waals surface area contributed by atoms with Crippen molar-refractivity contribution >= 4 is 17.7 Å². The highest BCUT2D eigenvalue weighted by Crippen LogP contribution is 2.27. The van der Waals surface area contributed by atoms with Crippen LogP contribution < -0.4 is 0 Å². The van der Waals surface area contributed by atoms with E-state index in [9.17, 15) is 9.18 Å². The molecule has 2 rings (SSSR count). The Morgan fingerprint density at radius 1 is 1.53 bits per heavy atom. The molecule has 0 aliphatic carbocycles. The molecule has 2 heterocycles. The smallest absolute Gasteiger partial charge is 0.338 e. The number of rotatable bonds is 3. The summed E-state index contributed by atoms with van der Waals surface area (Å²) in [6.45, 7) is 1.60. The van der Waals surface area contributed by atoms with Crippen LogP contribution in [0.5, 0.6) is 0 Å². The number of aromatic nitrogens is 3. The van der Waals surface area contributed by atoms with Crippen molar-refractivity contribution < 1.29 is 18.7 Å². The van der Waals surface area contributed by atoms with Gasteiger partial charge in [-0.05, 0) is 17.8 Å². The second-order valence-corrected chi connectivity index (χ2v) is 3.94. The Morgan fingerprint density at radius 2 is 2.29 bits per heavy atom. The average Bonchev–Trinajstić information content (AvgIpc) is 2.66. The third-order valence-corrected chi connectivity index (χ3v) is 2.60. The second kappa shape index (κ2) is 4.50. The fraction of sp³-hybridized carbons (Fsp3) is 0.111. The van der Waals surface area contributed by atoms with Crippen LogP contribution in [-0.2, 0) is 0 Å². The molecule has 0 unspecified atom stereocenters. The predicted octanol–water partition coefficient (Wildman–Crippen LogP) is 1.76. The topological polar surface area (TPSA) is 89.1 Å². The molecule has 0 atom stereocenters. The van der Waals surface area contributed by atoms with Crippen molar-refractivity contribution in [2.75, 3.05) is 0 Å². The van der Waals surface area contributed by atoms with E-state index in [0.717, 1.165) is 24.0 Å². The molecular formula is C9H6FN3O3S. The molecule has 0 spiro atoms. The van der Waals surface area contributed by atoms with Gasteiger partial charge in [-0.25, -0.2) is 14.2 Å². The van der Waals surface area contributed by atoms with Crippen LogP contribution in [0.1, 0.15) is 16.2 Å². The largest absolute Gasteiger partial charge is 0.478 e. The first-order valence-electron chi connectivity index (χ1n) is 4.43. The number of carboxylic acids is 1. The van der Waals surface area contributed by atoms with Crippen molar-refractivity contribution in [1.82, 2.24) is 15.2 Å². The maximum absolute atomic E-state index is 12.9. The lowest BCUT2D eigenvalue weighted by Gasteiger charge is -2.01. The van der Waals surface area contributed by atoms with Gasteiger partial charge in [0, 0.05) is 6.92 Å². The first-order chi connectivity index (χ1) is 8.06. The van der Waals surface area contributed by atoms with Crippen LogP contribution in [0.3, 0.4) is 0 Å². The lowest BCUT2D eigenvalue weighted by Crippen LogP contribution is -2.01. The van der Waals surface area contributed by atoms with Gasteiger partial charge in [-0.15, -0.1) is 10.2 Å². The number of hydrogen-bond acceptors (Lipinski definition) is 6. The van der Waals surface area contributed by atoms with Crippen molar-refractivity contribution in [1.29, 1.82) is 0 Å². The Morgan fingerprint density at radius 3 is 2.88 bits per heavy atom. The number of halogens is 1. The molecule has 88 valence electrons. The normalized spacial score (nSPS) is 10.5. The highest BCUT2D eigenvalue weighted by molar-refractivity contribution is 7.99. The number of carbonyl (C=O) groups is 1. The second-order valence-electron chi connectivity index (χ2n) is 3.00. The molecule has 2 aromatic rings. The van der Waals surface area contributed by atoms with Crippen molar-refractivity contribution in [3.8, 4) is 0 Å². The third kappa shape index (κ3) is 2.59. The first-order valence-corrected chi connectivity index (χ1v) is 5.24. The molecule has 0 saturated carbocycles. The number of aryl methyl sites for hydroxylation is 1. The Balaban J connectivity index is 2.35. The monoisotopic (exact) mass is 255 g/mol. The first kappa shape index (κ1) is 11.5. The van der Waals surface area contributed by atoms with E-state index < -0.39 is 11.8 Å². The summed E-state index contributed by atoms with van der Waals surface area (Å²) in [6, 6.07) is 0.890. The van der Waals surface area contributed by atoms with Crippen LogP contribution in [0.4, 0.5) is 4.39 Å². The zero-order valence-corrected chi connectivity index (χ0v) is 9.36. The molecule has 0 bridgehead atoms. The fourth-order valence-corrected chi connectivity index (χ4v) is 1.83. The zero-order chi connectivity index (χ0) is 12.4. The van der Waals surface area contributed by atoms with E-state index >= 15 is 0 Å². The lowest BCUT2D eigenvalue weighted by atomic mass is 10.3. The summed E-state index contributed by atoms with van der Waals surface area (Å²) in [6.07, 6.45) is 0.929. The number of hydrogen-bond donors (Lipinski definition) is 1. The van der Waals surface area contributed by atoms with Crippen LogP contribution in [0.15, 0.2) is 26.9 Å². The molecule has 0 aliphatic rings. The van der Waals surface area contributed by atoms with E-state index in [1.54, 1.807) is 6.92 Å². The summed E-state index contributed by atoms with van der Waals surface area (Å²) >= 11 is 0.873. The fourth-order valence-electron chi connectivity index (χ4n) is 1.06. The minimum Gasteiger partial charge on any atom is -0.478 e. The van der Waals surface area contributed by atoms with Crippen LogP contribution in [0.25, 0.3) is 0 Å². The third-order valence-electron chi connectivity index (χ3n) is 1.74. The number of nitrogens with zero attached hydrogens (tertiary/aromatic N) is 3. The quantitative estimate of drug-likeness (QED) is 0.893. The SMILES string of the molecule is Cc1nnc(Sc2ncc(F)cc2C(=O)O)o1. The van der Waals surface area contributed by atoms with Gasteiger partial charge in [0.05, 0.1) is 11.8 Å². The molecule has 0 amide bonds. The van der Waals surface area contributed by atoms with Gasteiger partial charge in [0.25, 0.3) is 5.22 Å². The summed E-state index contributed by atoms with van der Waals surface area (Å²) in [4.78, 5) is 14.6. The van der Waals surface area contributed by atoms with E-state index in [2.05, 4.69) is 15.2 Å². The minimum atomic E-state index is -1.27. The summed E-state index contributed by atoms with van der Waals surface area (Å²) < 4.78 is 17.9. The van der Waals surface area contributed by atoms with Crippen LogP contribution in [-0.4, -0.2) is 26.3 Å². The van der Waals surface area contributed by atoms with Gasteiger partial charge in [0.2, 0.25) is 5.89 Å². The van der Waals surface area contributed by atoms with Gasteiger partial charge in [0.15, 0.2) is 0 Å². The molecule has 0 saturated heterocycles. The molecule has 1 N–H and O–H groups in total. The Labute approximate surface area is 98.9 Å². The molecule has 0 fully saturated rings. The van der Waals surface area contributed by atoms with Crippen molar-refractivity contribution in [3.63, 3.8) is 0 Å². The maximum Gasteiger partial charge on any atom is 0.338 e. The Kier molecular flexibility index (Phi) is 3.05. The molecule has 0 aromatic carbocycles. The molecule has 8 heteroatoms. The van der Waals surface area contributed by atoms with Gasteiger partial charge in [-0.3, -0.25) is 0 Å². The zero-order valence-electron chi connectivity index (χ0n) is 8.55. The average molecular weight is 255 g/mol. The highest BCUT2D eigenvalue weighted by atomic mass is 32.2. The highest BCUT2D eigenvalue weighted by Gasteiger charge is 2.16. The molecule has 2 aromatic heterocycles. The number of pyridine rings is 1. The number of carboxylic acid groups (broad SMARTS) is 1. The van der Waals surface area contributed by atoms with Gasteiger partial charge in [-0.2, -0.15) is 0 Å². The van der Waals surface area contributed by atoms with E-state index in [4.69, 9.17) is 9.52 Å². The molecular weight excluding hydrogens is 249 g/mol. The van der Waals surface area contributed by atoms with Crippen molar-refractivity contribution in [3.05, 3.63) is 29.5 Å². The van der Waals surface area contributed by atoms with E-state index in [1.165, 1.54) is 0 Å². The predicted molar refractivity (Wildman–Crippen MR) is 54.3 cm³/mol. The van der Waals surface area contributed by atoms with Gasteiger partial charge in [0.1, 0.15) is 10.8 Å². The molecule has 6 nitrogen and oxygen atoms in total. The standard InChI is InChI=1S/C9H6FN3O3S/c1-4-12-13-9(16-4)17-7-6(8(14)15)2-5(10)3-11-7/h2-3H,1H3,(H,14,15). The van der Waals surface area contributed by atoms with Gasteiger partial charge >= 0.3 is 5.97 Å². The molecule has 17 heavy (non-hydrogen) atoms. The van der Waals surface area contributed by atoms with Gasteiger partial charge in [-0.1, -0.05) is 0 Å². The minimum absolute atomic E-state index is 0.0996. The van der Waals surface area contributed by atoms with Crippen LogP contribution in [0.2, 0.25) is 0 Å². The van der Waals surface area contributed by atoms with Crippen molar-refractivity contribution in [2.45, 2.75) is 17.2 Å². The lowest BCUT2D eigenvalue weighted by molar-refractivity contribution is 0.0691. The van der Waals surface area contributed by atoms with Crippen LogP contribution in [0, 0.1) is 12.7 Å². The summed E-state index contributed by atoms with van der Waals surface area (Å²) in [5.41, 5.74) is -0.245. The van der Waals surface area contributed by atoms with Crippen molar-refractivity contribution in [2.24, 2.45) is 0 Å². The maximum atomic E-state index is 12.9. The Bertz CT molecular complexity index is 572.